The quantitative estimate of drug-likeness (QED) is 0.824. The topological polar surface area (TPSA) is 52.7 Å². The molecule has 2 aromatic rings. The molecule has 2 saturated heterocycles. The maximum absolute atomic E-state index is 12.8. The van der Waals surface area contributed by atoms with Gasteiger partial charge in [-0.25, -0.2) is 0 Å². The first-order chi connectivity index (χ1) is 14.1. The molecule has 29 heavy (non-hydrogen) atoms. The number of carbonyl (C=O) groups is 2. The molecule has 4 rings (SSSR count). The number of anilines is 1. The van der Waals surface area contributed by atoms with Gasteiger partial charge in [0.25, 0.3) is 0 Å². The molecule has 0 spiro atoms. The van der Waals surface area contributed by atoms with Gasteiger partial charge in [-0.05, 0) is 30.0 Å². The van der Waals surface area contributed by atoms with Crippen LogP contribution >= 0.6 is 0 Å². The zero-order valence-corrected chi connectivity index (χ0v) is 17.0. The van der Waals surface area contributed by atoms with Crippen LogP contribution < -0.4 is 10.2 Å². The van der Waals surface area contributed by atoms with Crippen LogP contribution in [0.2, 0.25) is 0 Å². The van der Waals surface area contributed by atoms with Gasteiger partial charge in [0.2, 0.25) is 11.8 Å². The van der Waals surface area contributed by atoms with Gasteiger partial charge in [0.1, 0.15) is 0 Å². The summed E-state index contributed by atoms with van der Waals surface area (Å²) in [4.78, 5) is 29.6. The number of aryl methyl sites for hydroxylation is 1. The molecule has 2 amide bonds. The van der Waals surface area contributed by atoms with Crippen molar-refractivity contribution in [2.45, 2.75) is 38.8 Å². The van der Waals surface area contributed by atoms with Crippen LogP contribution in [0.3, 0.4) is 0 Å². The standard InChI is InChI=1S/C24H29N3O2/c1-2-19-10-6-7-11-22(19)27-16-20(14-23(27)28)24(29)25-21-12-13-26(17-21)15-18-8-4-3-5-9-18/h3-11,20-21H,2,12-17H2,1H3,(H,25,29). The van der Waals surface area contributed by atoms with Gasteiger partial charge in [-0.1, -0.05) is 55.5 Å². The summed E-state index contributed by atoms with van der Waals surface area (Å²) in [5.41, 5.74) is 3.39. The van der Waals surface area contributed by atoms with Crippen molar-refractivity contribution in [1.29, 1.82) is 0 Å². The molecule has 5 heteroatoms. The number of nitrogens with zero attached hydrogens (tertiary/aromatic N) is 2. The van der Waals surface area contributed by atoms with Crippen LogP contribution in [0.4, 0.5) is 5.69 Å². The van der Waals surface area contributed by atoms with Crippen molar-refractivity contribution in [1.82, 2.24) is 10.2 Å². The van der Waals surface area contributed by atoms with E-state index >= 15 is 0 Å². The zero-order valence-electron chi connectivity index (χ0n) is 17.0. The lowest BCUT2D eigenvalue weighted by Crippen LogP contribution is -2.41. The Morgan fingerprint density at radius 3 is 2.62 bits per heavy atom. The minimum atomic E-state index is -0.268. The Bertz CT molecular complexity index is 867. The average molecular weight is 392 g/mol. The molecule has 0 saturated carbocycles. The summed E-state index contributed by atoms with van der Waals surface area (Å²) in [5.74, 6) is -0.208. The summed E-state index contributed by atoms with van der Waals surface area (Å²) < 4.78 is 0. The van der Waals surface area contributed by atoms with E-state index in [1.54, 1.807) is 4.90 Å². The van der Waals surface area contributed by atoms with Gasteiger partial charge in [-0.2, -0.15) is 0 Å². The van der Waals surface area contributed by atoms with E-state index in [1.807, 2.05) is 24.3 Å². The highest BCUT2D eigenvalue weighted by atomic mass is 16.2. The number of hydrogen-bond acceptors (Lipinski definition) is 3. The molecule has 152 valence electrons. The number of hydrogen-bond donors (Lipinski definition) is 1. The van der Waals surface area contributed by atoms with Gasteiger partial charge in [0.15, 0.2) is 0 Å². The summed E-state index contributed by atoms with van der Waals surface area (Å²) in [6, 6.07) is 18.6. The van der Waals surface area contributed by atoms with E-state index in [0.717, 1.165) is 43.7 Å². The van der Waals surface area contributed by atoms with Crippen LogP contribution in [0.5, 0.6) is 0 Å². The largest absolute Gasteiger partial charge is 0.352 e. The fraction of sp³-hybridized carbons (Fsp3) is 0.417. The summed E-state index contributed by atoms with van der Waals surface area (Å²) in [5, 5.41) is 3.20. The molecule has 2 atom stereocenters. The van der Waals surface area contributed by atoms with Crippen LogP contribution in [0.1, 0.15) is 30.9 Å². The lowest BCUT2D eigenvalue weighted by atomic mass is 10.1. The van der Waals surface area contributed by atoms with Gasteiger partial charge in [-0.15, -0.1) is 0 Å². The first-order valence-corrected chi connectivity index (χ1v) is 10.6. The molecule has 0 aliphatic carbocycles. The molecule has 0 radical (unpaired) electrons. The van der Waals surface area contributed by atoms with E-state index in [1.165, 1.54) is 5.56 Å². The smallest absolute Gasteiger partial charge is 0.227 e. The summed E-state index contributed by atoms with van der Waals surface area (Å²) >= 11 is 0. The lowest BCUT2D eigenvalue weighted by molar-refractivity contribution is -0.126. The summed E-state index contributed by atoms with van der Waals surface area (Å²) in [6.07, 6.45) is 2.13. The SMILES string of the molecule is CCc1ccccc1N1CC(C(=O)NC2CCN(Cc3ccccc3)C2)CC1=O. The van der Waals surface area contributed by atoms with Gasteiger partial charge >= 0.3 is 0 Å². The van der Waals surface area contributed by atoms with E-state index in [4.69, 9.17) is 0 Å². The van der Waals surface area contributed by atoms with Crippen LogP contribution in [-0.2, 0) is 22.6 Å². The van der Waals surface area contributed by atoms with Crippen LogP contribution in [0.25, 0.3) is 0 Å². The molecule has 2 unspecified atom stereocenters. The van der Waals surface area contributed by atoms with Gasteiger partial charge in [0.05, 0.1) is 5.92 Å². The normalized spacial score (nSPS) is 22.2. The predicted molar refractivity (Wildman–Crippen MR) is 115 cm³/mol. The molecule has 2 fully saturated rings. The maximum Gasteiger partial charge on any atom is 0.227 e. The first kappa shape index (κ1) is 19.6. The fourth-order valence-electron chi connectivity index (χ4n) is 4.44. The molecule has 2 aliphatic rings. The molecule has 5 nitrogen and oxygen atoms in total. The van der Waals surface area contributed by atoms with Crippen LogP contribution in [0.15, 0.2) is 54.6 Å². The number of benzene rings is 2. The Morgan fingerprint density at radius 1 is 1.07 bits per heavy atom. The zero-order chi connectivity index (χ0) is 20.2. The van der Waals surface area contributed by atoms with Gasteiger partial charge in [-0.3, -0.25) is 14.5 Å². The number of likely N-dealkylation sites (tertiary alicyclic amines) is 1. The molecule has 0 bridgehead atoms. The van der Waals surface area contributed by atoms with E-state index in [2.05, 4.69) is 47.5 Å². The van der Waals surface area contributed by atoms with E-state index in [9.17, 15) is 9.59 Å². The second-order valence-electron chi connectivity index (χ2n) is 8.10. The number of amides is 2. The average Bonchev–Trinajstić information content (AvgIpc) is 3.35. The van der Waals surface area contributed by atoms with Crippen molar-refractivity contribution < 1.29 is 9.59 Å². The summed E-state index contributed by atoms with van der Waals surface area (Å²) in [7, 11) is 0. The van der Waals surface area contributed by atoms with Crippen molar-refractivity contribution in [3.8, 4) is 0 Å². The first-order valence-electron chi connectivity index (χ1n) is 10.6. The van der Waals surface area contributed by atoms with Crippen molar-refractivity contribution in [3.63, 3.8) is 0 Å². The van der Waals surface area contributed by atoms with Crippen molar-refractivity contribution >= 4 is 17.5 Å². The van der Waals surface area contributed by atoms with E-state index in [-0.39, 0.29) is 23.8 Å². The van der Waals surface area contributed by atoms with Gasteiger partial charge < -0.3 is 10.2 Å². The molecular formula is C24H29N3O2. The fourth-order valence-corrected chi connectivity index (χ4v) is 4.44. The molecule has 2 heterocycles. The lowest BCUT2D eigenvalue weighted by Gasteiger charge is -2.21. The minimum absolute atomic E-state index is 0.0152. The molecular weight excluding hydrogens is 362 g/mol. The predicted octanol–water partition coefficient (Wildman–Crippen LogP) is 2.99. The van der Waals surface area contributed by atoms with Gasteiger partial charge in [0, 0.05) is 44.3 Å². The second kappa shape index (κ2) is 8.78. The number of para-hydroxylation sites is 1. The maximum atomic E-state index is 12.8. The monoisotopic (exact) mass is 391 g/mol. The third-order valence-corrected chi connectivity index (χ3v) is 6.03. The highest BCUT2D eigenvalue weighted by Gasteiger charge is 2.37. The Hall–Kier alpha value is -2.66. The number of rotatable bonds is 6. The third kappa shape index (κ3) is 4.51. The molecule has 0 aromatic heterocycles. The minimum Gasteiger partial charge on any atom is -0.352 e. The second-order valence-corrected chi connectivity index (χ2v) is 8.10. The Balaban J connectivity index is 1.32. The van der Waals surface area contributed by atoms with E-state index < -0.39 is 0 Å². The van der Waals surface area contributed by atoms with Crippen LogP contribution in [0, 0.1) is 5.92 Å². The Kier molecular flexibility index (Phi) is 5.95. The Labute approximate surface area is 172 Å². The number of nitrogens with one attached hydrogen (secondary N) is 1. The van der Waals surface area contributed by atoms with E-state index in [0.29, 0.717) is 13.0 Å². The number of carbonyl (C=O) groups excluding carboxylic acids is 2. The Morgan fingerprint density at radius 2 is 1.83 bits per heavy atom. The molecule has 2 aromatic carbocycles. The molecule has 1 N–H and O–H groups in total. The van der Waals surface area contributed by atoms with Crippen molar-refractivity contribution in [2.24, 2.45) is 5.92 Å². The molecule has 2 aliphatic heterocycles. The third-order valence-electron chi connectivity index (χ3n) is 6.03. The van der Waals surface area contributed by atoms with Crippen molar-refractivity contribution in [2.75, 3.05) is 24.5 Å². The summed E-state index contributed by atoms with van der Waals surface area (Å²) in [6.45, 7) is 5.33. The van der Waals surface area contributed by atoms with Crippen molar-refractivity contribution in [3.05, 3.63) is 65.7 Å². The van der Waals surface area contributed by atoms with Crippen LogP contribution in [-0.4, -0.2) is 42.4 Å². The highest BCUT2D eigenvalue weighted by Crippen LogP contribution is 2.29. The highest BCUT2D eigenvalue weighted by molar-refractivity contribution is 6.00.